The van der Waals surface area contributed by atoms with Crippen molar-refractivity contribution in [2.45, 2.75) is 39.0 Å². The maximum absolute atomic E-state index is 10.2. The van der Waals surface area contributed by atoms with Crippen molar-refractivity contribution in [1.82, 2.24) is 12.3 Å². The second-order valence-corrected chi connectivity index (χ2v) is 2.94. The smallest absolute Gasteiger partial charge is 0.0445 e. The Balaban J connectivity index is -0.000000218. The van der Waals surface area contributed by atoms with Crippen molar-refractivity contribution in [3.8, 4) is 0 Å². The van der Waals surface area contributed by atoms with Gasteiger partial charge in [-0.15, -0.1) is 6.61 Å². The van der Waals surface area contributed by atoms with Gasteiger partial charge in [-0.1, -0.05) is 26.2 Å². The summed E-state index contributed by atoms with van der Waals surface area (Å²) in [5, 5.41) is 19.2. The fraction of sp³-hybridized carbons (Fsp3) is 0.889. The van der Waals surface area contributed by atoms with Crippen LogP contribution >= 0.6 is 0 Å². The lowest BCUT2D eigenvalue weighted by atomic mass is 9.90. The van der Waals surface area contributed by atoms with Crippen LogP contribution in [0.25, 0.3) is 0 Å². The van der Waals surface area contributed by atoms with Crippen LogP contribution in [-0.2, 0) is 4.79 Å². The summed E-state index contributed by atoms with van der Waals surface area (Å²) in [6, 6.07) is 0. The molecule has 1 aliphatic rings. The molecular weight excluding hydrogens is 184 g/mol. The highest BCUT2D eigenvalue weighted by molar-refractivity contribution is 5.67. The van der Waals surface area contributed by atoms with Gasteiger partial charge in [0, 0.05) is 5.97 Å². The van der Waals surface area contributed by atoms with Crippen LogP contribution in [0.5, 0.6) is 0 Å². The summed E-state index contributed by atoms with van der Waals surface area (Å²) in [6.07, 6.45) is 5.01. The van der Waals surface area contributed by atoms with E-state index in [4.69, 9.17) is 5.11 Å². The Kier molecular flexibility index (Phi) is 16.8. The van der Waals surface area contributed by atoms with Gasteiger partial charge in [0.25, 0.3) is 0 Å². The van der Waals surface area contributed by atoms with Crippen molar-refractivity contribution in [3.63, 3.8) is 0 Å². The summed E-state index contributed by atoms with van der Waals surface area (Å²) in [5.41, 5.74) is 0. The van der Waals surface area contributed by atoms with Crippen molar-refractivity contribution < 1.29 is 15.0 Å². The Morgan fingerprint density at radius 2 is 1.57 bits per heavy atom. The third kappa shape index (κ3) is 9.44. The van der Waals surface area contributed by atoms with Crippen molar-refractivity contribution in [2.75, 3.05) is 6.61 Å². The zero-order valence-electron chi connectivity index (χ0n) is 9.54. The number of carboxylic acids is 1. The molecule has 0 aliphatic heterocycles. The summed E-state index contributed by atoms with van der Waals surface area (Å²) >= 11 is 0. The van der Waals surface area contributed by atoms with Crippen LogP contribution in [0.3, 0.4) is 0 Å². The molecule has 1 saturated carbocycles. The van der Waals surface area contributed by atoms with Gasteiger partial charge in [-0.3, -0.25) is 0 Å². The average molecular weight is 208 g/mol. The number of rotatable bonds is 1. The molecule has 0 aromatic carbocycles. The van der Waals surface area contributed by atoms with E-state index < -0.39 is 5.97 Å². The Labute approximate surface area is 85.7 Å². The molecule has 5 heteroatoms. The van der Waals surface area contributed by atoms with Gasteiger partial charge in [-0.25, -0.2) is 0 Å². The number of carboxylic acid groups (broad SMARTS) is 1. The van der Waals surface area contributed by atoms with Crippen molar-refractivity contribution in [1.29, 1.82) is 0 Å². The van der Waals surface area contributed by atoms with Gasteiger partial charge in [0.1, 0.15) is 0 Å². The predicted molar refractivity (Wildman–Crippen MR) is 54.1 cm³/mol. The van der Waals surface area contributed by atoms with Crippen LogP contribution in [0.4, 0.5) is 0 Å². The highest BCUT2D eigenvalue weighted by atomic mass is 16.4. The molecule has 0 bridgehead atoms. The van der Waals surface area contributed by atoms with E-state index in [9.17, 15) is 9.90 Å². The van der Waals surface area contributed by atoms with Crippen molar-refractivity contribution in [3.05, 3.63) is 0 Å². The van der Waals surface area contributed by atoms with Crippen LogP contribution in [0.1, 0.15) is 39.0 Å². The Hall–Kier alpha value is -0.650. The van der Waals surface area contributed by atoms with E-state index in [1.807, 2.05) is 0 Å². The zero-order chi connectivity index (χ0) is 9.40. The number of hydrogen-bond acceptors (Lipinski definition) is 3. The topological polar surface area (TPSA) is 136 Å². The van der Waals surface area contributed by atoms with Crippen LogP contribution in [-0.4, -0.2) is 12.6 Å². The van der Waals surface area contributed by atoms with Crippen molar-refractivity contribution in [2.24, 2.45) is 5.92 Å². The number of aliphatic carboxylic acids is 1. The van der Waals surface area contributed by atoms with Gasteiger partial charge in [0.05, 0.1) is 0 Å². The minimum atomic E-state index is -0.852. The number of carbonyl (C=O) groups excluding carboxylic acids is 1. The first-order valence-corrected chi connectivity index (χ1v) is 4.51. The molecule has 8 N–H and O–H groups in total. The quantitative estimate of drug-likeness (QED) is 0.646. The summed E-state index contributed by atoms with van der Waals surface area (Å²) in [4.78, 5) is 10.2. The molecule has 0 spiro atoms. The Morgan fingerprint density at radius 1 is 1.21 bits per heavy atom. The first-order valence-electron chi connectivity index (χ1n) is 4.51. The lowest BCUT2D eigenvalue weighted by Gasteiger charge is -2.21. The Morgan fingerprint density at radius 3 is 1.79 bits per heavy atom. The molecule has 88 valence electrons. The highest BCUT2D eigenvalue weighted by Gasteiger charge is 2.13. The standard InChI is InChI=1S/C7H12O2.C2H5O.2H3N/c8-7(9)6-4-2-1-3-5-6;1-2-3;;/h6H,1-5H2,(H,8,9);2H2,1H3;2*1H3/q;-1;;/p+1. The lowest BCUT2D eigenvalue weighted by Crippen LogP contribution is -2.32. The molecule has 14 heavy (non-hydrogen) atoms. The molecule has 0 amide bonds. The summed E-state index contributed by atoms with van der Waals surface area (Å²) < 4.78 is 0. The summed E-state index contributed by atoms with van der Waals surface area (Å²) in [5.74, 6) is -0.992. The molecular formula is C9H24N2O3. The predicted octanol–water partition coefficient (Wildman–Crippen LogP) is 0.436. The third-order valence-corrected chi connectivity index (χ3v) is 1.94. The first-order chi connectivity index (χ1) is 5.72. The van der Waals surface area contributed by atoms with Crippen LogP contribution in [0, 0.1) is 5.92 Å². The van der Waals surface area contributed by atoms with Crippen molar-refractivity contribution >= 4 is 5.97 Å². The van der Waals surface area contributed by atoms with Gasteiger partial charge >= 0.3 is 0 Å². The van der Waals surface area contributed by atoms with Crippen LogP contribution in [0.15, 0.2) is 0 Å². The molecule has 1 aliphatic carbocycles. The Bertz CT molecular complexity index is 125. The van der Waals surface area contributed by atoms with E-state index in [-0.39, 0.29) is 24.8 Å². The van der Waals surface area contributed by atoms with Crippen LogP contribution < -0.4 is 22.5 Å². The second kappa shape index (κ2) is 12.3. The molecule has 5 nitrogen and oxygen atoms in total. The number of carbonyl (C=O) groups is 1. The first kappa shape index (κ1) is 19.0. The number of hydrogen-bond donors (Lipinski definition) is 2. The van der Waals surface area contributed by atoms with Gasteiger partial charge in [-0.2, -0.15) is 0 Å². The molecule has 0 heterocycles. The van der Waals surface area contributed by atoms with Gasteiger partial charge in [0.15, 0.2) is 0 Å². The molecule has 0 atom stereocenters. The second-order valence-electron chi connectivity index (χ2n) is 2.94. The summed E-state index contributed by atoms with van der Waals surface area (Å²) in [6.45, 7) is 1.57. The molecule has 1 rings (SSSR count). The number of quaternary nitrogens is 2. The normalized spacial score (nSPS) is 15.3. The largest absolute Gasteiger partial charge is 0.855 e. The average Bonchev–Trinajstić information content (AvgIpc) is 2.07. The minimum Gasteiger partial charge on any atom is -0.855 e. The van der Waals surface area contributed by atoms with Crippen LogP contribution in [0.2, 0.25) is 0 Å². The fourth-order valence-electron chi connectivity index (χ4n) is 1.34. The SMILES string of the molecule is CC[O-].O=C([O-])C1CCCCC1.[NH4+].[NH4+]. The minimum absolute atomic E-state index is 0. The van der Waals surface area contributed by atoms with Gasteiger partial charge in [-0.05, 0) is 18.8 Å². The molecule has 0 saturated heterocycles. The zero-order valence-corrected chi connectivity index (χ0v) is 9.54. The maximum Gasteiger partial charge on any atom is 0.0445 e. The van der Waals surface area contributed by atoms with E-state index in [1.54, 1.807) is 6.92 Å². The van der Waals surface area contributed by atoms with Gasteiger partial charge < -0.3 is 27.3 Å². The molecule has 1 fully saturated rings. The van der Waals surface area contributed by atoms with E-state index in [0.717, 1.165) is 25.7 Å². The van der Waals surface area contributed by atoms with E-state index in [1.165, 1.54) is 6.42 Å². The third-order valence-electron chi connectivity index (χ3n) is 1.94. The molecule has 0 unspecified atom stereocenters. The lowest BCUT2D eigenvalue weighted by molar-refractivity contribution is -0.361. The van der Waals surface area contributed by atoms with E-state index >= 15 is 0 Å². The van der Waals surface area contributed by atoms with E-state index in [2.05, 4.69) is 0 Å². The molecule has 0 aromatic rings. The maximum atomic E-state index is 10.2. The van der Waals surface area contributed by atoms with Gasteiger partial charge in [0.2, 0.25) is 0 Å². The highest BCUT2D eigenvalue weighted by Crippen LogP contribution is 2.22. The molecule has 0 aromatic heterocycles. The van der Waals surface area contributed by atoms with E-state index in [0.29, 0.717) is 0 Å². The monoisotopic (exact) mass is 208 g/mol. The summed E-state index contributed by atoms with van der Waals surface area (Å²) in [7, 11) is 0. The fourth-order valence-corrected chi connectivity index (χ4v) is 1.34. The molecule has 0 radical (unpaired) electrons.